The molecule has 0 aromatic carbocycles. The van der Waals surface area contributed by atoms with Crippen LogP contribution in [0.1, 0.15) is 28.3 Å². The van der Waals surface area contributed by atoms with Crippen LogP contribution in [0.5, 0.6) is 0 Å². The number of aromatic carboxylic acids is 1. The number of nitrogens with zero attached hydrogens (tertiary/aromatic N) is 1. The van der Waals surface area contributed by atoms with E-state index in [0.29, 0.717) is 17.8 Å². The molecule has 0 unspecified atom stereocenters. The Kier molecular flexibility index (Phi) is 2.72. The third-order valence-corrected chi connectivity index (χ3v) is 3.59. The van der Waals surface area contributed by atoms with Gasteiger partial charge in [-0.2, -0.15) is 0 Å². The number of piperidine rings is 1. The topological polar surface area (TPSA) is 82.5 Å². The lowest BCUT2D eigenvalue weighted by Crippen LogP contribution is -2.39. The Bertz CT molecular complexity index is 371. The molecule has 5 nitrogen and oxygen atoms in total. The molecule has 1 fully saturated rings. The average Bonchev–Trinajstić information content (AvgIpc) is 2.68. The molecule has 0 bridgehead atoms. The summed E-state index contributed by atoms with van der Waals surface area (Å²) in [6.07, 6.45) is 1.17. The Labute approximate surface area is 90.8 Å². The molecule has 3 N–H and O–H groups in total. The van der Waals surface area contributed by atoms with Crippen molar-refractivity contribution in [2.75, 3.05) is 13.1 Å². The number of rotatable bonds is 2. The fraction of sp³-hybridized carbons (Fsp3) is 0.556. The van der Waals surface area contributed by atoms with Gasteiger partial charge < -0.3 is 15.5 Å². The highest BCUT2D eigenvalue weighted by Crippen LogP contribution is 2.32. The number of thiazole rings is 1. The summed E-state index contributed by atoms with van der Waals surface area (Å²) in [4.78, 5) is 14.6. The minimum atomic E-state index is -1.05. The molecule has 0 saturated carbocycles. The highest BCUT2D eigenvalue weighted by atomic mass is 32.1. The van der Waals surface area contributed by atoms with Crippen molar-refractivity contribution >= 4 is 17.3 Å². The van der Waals surface area contributed by atoms with Crippen LogP contribution in [0.3, 0.4) is 0 Å². The van der Waals surface area contributed by atoms with E-state index in [1.54, 1.807) is 0 Å². The van der Waals surface area contributed by atoms with Gasteiger partial charge in [-0.15, -0.1) is 11.3 Å². The number of hydrogen-bond donors (Lipinski definition) is 3. The smallest absolute Gasteiger partial charge is 0.355 e. The largest absolute Gasteiger partial charge is 0.476 e. The second-order valence-electron chi connectivity index (χ2n) is 3.62. The fourth-order valence-corrected chi connectivity index (χ4v) is 2.59. The summed E-state index contributed by atoms with van der Waals surface area (Å²) in [6.45, 7) is 1.47. The monoisotopic (exact) mass is 228 g/mol. The van der Waals surface area contributed by atoms with Gasteiger partial charge in [0.2, 0.25) is 0 Å². The molecule has 0 radical (unpaired) electrons. The third-order valence-electron chi connectivity index (χ3n) is 2.55. The van der Waals surface area contributed by atoms with Crippen molar-refractivity contribution in [3.05, 3.63) is 16.1 Å². The van der Waals surface area contributed by atoms with Crippen LogP contribution in [-0.4, -0.2) is 34.3 Å². The minimum Gasteiger partial charge on any atom is -0.476 e. The highest BCUT2D eigenvalue weighted by Gasteiger charge is 2.34. The maximum absolute atomic E-state index is 10.7. The minimum absolute atomic E-state index is 0.0157. The van der Waals surface area contributed by atoms with Crippen LogP contribution in [0.15, 0.2) is 5.38 Å². The predicted molar refractivity (Wildman–Crippen MR) is 55.1 cm³/mol. The van der Waals surface area contributed by atoms with Crippen LogP contribution in [0.4, 0.5) is 0 Å². The zero-order valence-corrected chi connectivity index (χ0v) is 8.88. The number of carboxylic acids is 1. The Morgan fingerprint density at radius 1 is 1.53 bits per heavy atom. The molecular weight excluding hydrogens is 216 g/mol. The Morgan fingerprint density at radius 3 is 2.73 bits per heavy atom. The lowest BCUT2D eigenvalue weighted by atomic mass is 9.93. The molecule has 1 aromatic rings. The summed E-state index contributed by atoms with van der Waals surface area (Å²) >= 11 is 1.21. The van der Waals surface area contributed by atoms with Crippen molar-refractivity contribution in [2.24, 2.45) is 0 Å². The summed E-state index contributed by atoms with van der Waals surface area (Å²) in [5.74, 6) is -1.05. The van der Waals surface area contributed by atoms with Crippen LogP contribution >= 0.6 is 11.3 Å². The van der Waals surface area contributed by atoms with Crippen LogP contribution in [0.25, 0.3) is 0 Å². The van der Waals surface area contributed by atoms with E-state index in [-0.39, 0.29) is 5.69 Å². The number of aromatic nitrogens is 1. The summed E-state index contributed by atoms with van der Waals surface area (Å²) < 4.78 is 0. The van der Waals surface area contributed by atoms with Crippen molar-refractivity contribution in [1.82, 2.24) is 10.3 Å². The van der Waals surface area contributed by atoms with Gasteiger partial charge in [-0.1, -0.05) is 0 Å². The van der Waals surface area contributed by atoms with Crippen molar-refractivity contribution < 1.29 is 15.0 Å². The van der Waals surface area contributed by atoms with E-state index in [2.05, 4.69) is 10.3 Å². The SMILES string of the molecule is O=C(O)c1csc(C2(O)CCNCC2)n1. The Hall–Kier alpha value is -0.980. The van der Waals surface area contributed by atoms with Gasteiger partial charge in [0.1, 0.15) is 10.6 Å². The zero-order valence-electron chi connectivity index (χ0n) is 8.06. The first-order valence-electron chi connectivity index (χ1n) is 4.74. The van der Waals surface area contributed by atoms with Crippen molar-refractivity contribution in [1.29, 1.82) is 0 Å². The van der Waals surface area contributed by atoms with E-state index in [1.807, 2.05) is 0 Å². The van der Waals surface area contributed by atoms with Gasteiger partial charge >= 0.3 is 5.97 Å². The first-order chi connectivity index (χ1) is 7.12. The molecule has 2 heterocycles. The van der Waals surface area contributed by atoms with E-state index in [9.17, 15) is 9.90 Å². The predicted octanol–water partition coefficient (Wildman–Crippen LogP) is 0.412. The summed E-state index contributed by atoms with van der Waals surface area (Å²) in [5, 5.41) is 24.1. The molecule has 1 aliphatic rings. The molecule has 0 atom stereocenters. The van der Waals surface area contributed by atoms with Gasteiger partial charge in [0.05, 0.1) is 0 Å². The summed E-state index contributed by atoms with van der Waals surface area (Å²) in [6, 6.07) is 0. The molecule has 0 spiro atoms. The molecule has 0 aliphatic carbocycles. The molecule has 6 heteroatoms. The van der Waals surface area contributed by atoms with Gasteiger partial charge in [0, 0.05) is 5.38 Å². The molecule has 82 valence electrons. The zero-order chi connectivity index (χ0) is 10.9. The number of nitrogens with one attached hydrogen (secondary N) is 1. The number of aliphatic hydroxyl groups is 1. The standard InChI is InChI=1S/C9H12N2O3S/c12-7(13)6-5-15-8(11-6)9(14)1-3-10-4-2-9/h5,10,14H,1-4H2,(H,12,13). The summed E-state index contributed by atoms with van der Waals surface area (Å²) in [7, 11) is 0. The second-order valence-corrected chi connectivity index (χ2v) is 4.48. The first-order valence-corrected chi connectivity index (χ1v) is 5.62. The molecular formula is C9H12N2O3S. The van der Waals surface area contributed by atoms with E-state index >= 15 is 0 Å². The van der Waals surface area contributed by atoms with E-state index in [0.717, 1.165) is 13.1 Å². The van der Waals surface area contributed by atoms with Gasteiger partial charge in [-0.3, -0.25) is 0 Å². The van der Waals surface area contributed by atoms with E-state index in [1.165, 1.54) is 16.7 Å². The van der Waals surface area contributed by atoms with Crippen molar-refractivity contribution in [3.8, 4) is 0 Å². The Balaban J connectivity index is 2.23. The quantitative estimate of drug-likeness (QED) is 0.683. The van der Waals surface area contributed by atoms with E-state index in [4.69, 9.17) is 5.11 Å². The van der Waals surface area contributed by atoms with Crippen molar-refractivity contribution in [2.45, 2.75) is 18.4 Å². The third kappa shape index (κ3) is 2.01. The number of carbonyl (C=O) groups is 1. The van der Waals surface area contributed by atoms with Crippen LogP contribution < -0.4 is 5.32 Å². The normalized spacial score (nSPS) is 20.1. The molecule has 1 aliphatic heterocycles. The van der Waals surface area contributed by atoms with Crippen LogP contribution in [-0.2, 0) is 5.60 Å². The first kappa shape index (κ1) is 10.5. The van der Waals surface area contributed by atoms with Gasteiger partial charge in [0.15, 0.2) is 5.69 Å². The number of carboxylic acid groups (broad SMARTS) is 1. The lowest BCUT2D eigenvalue weighted by Gasteiger charge is -2.30. The molecule has 0 amide bonds. The molecule has 1 aromatic heterocycles. The maximum atomic E-state index is 10.7. The number of hydrogen-bond acceptors (Lipinski definition) is 5. The maximum Gasteiger partial charge on any atom is 0.355 e. The van der Waals surface area contributed by atoms with E-state index < -0.39 is 11.6 Å². The van der Waals surface area contributed by atoms with Gasteiger partial charge in [0.25, 0.3) is 0 Å². The van der Waals surface area contributed by atoms with Gasteiger partial charge in [-0.25, -0.2) is 9.78 Å². The van der Waals surface area contributed by atoms with Crippen LogP contribution in [0.2, 0.25) is 0 Å². The fourth-order valence-electron chi connectivity index (χ4n) is 1.64. The molecule has 2 rings (SSSR count). The average molecular weight is 228 g/mol. The van der Waals surface area contributed by atoms with Crippen molar-refractivity contribution in [3.63, 3.8) is 0 Å². The van der Waals surface area contributed by atoms with Gasteiger partial charge in [-0.05, 0) is 25.9 Å². The molecule has 15 heavy (non-hydrogen) atoms. The molecule has 1 saturated heterocycles. The Morgan fingerprint density at radius 2 is 2.20 bits per heavy atom. The summed E-state index contributed by atoms with van der Waals surface area (Å²) in [5.41, 5.74) is -0.925. The lowest BCUT2D eigenvalue weighted by molar-refractivity contribution is 0.00561. The second kappa shape index (κ2) is 3.88. The van der Waals surface area contributed by atoms with Crippen LogP contribution in [0, 0.1) is 0 Å². The highest BCUT2D eigenvalue weighted by molar-refractivity contribution is 7.10.